The van der Waals surface area contributed by atoms with E-state index in [4.69, 9.17) is 0 Å². The maximum Gasteiger partial charge on any atom is 0.189 e. The minimum Gasteiger partial charge on any atom is -0.292 e. The molecular formula is C7H6N4OS. The molecule has 2 aromatic heterocycles. The molecule has 0 radical (unpaired) electrons. The van der Waals surface area contributed by atoms with Gasteiger partial charge < -0.3 is 0 Å². The Balaban J connectivity index is 2.08. The number of carbonyl (C=O) groups is 1. The largest absolute Gasteiger partial charge is 0.292 e. The molecule has 1 N–H and O–H groups in total. The summed E-state index contributed by atoms with van der Waals surface area (Å²) in [6, 6.07) is 0. The fourth-order valence-corrected chi connectivity index (χ4v) is 1.51. The molecule has 13 heavy (non-hydrogen) atoms. The number of aromatic amines is 1. The van der Waals surface area contributed by atoms with Crippen molar-refractivity contribution < 1.29 is 4.79 Å². The average molecular weight is 194 g/mol. The highest BCUT2D eigenvalue weighted by Crippen LogP contribution is 2.08. The van der Waals surface area contributed by atoms with Crippen molar-refractivity contribution in [3.05, 3.63) is 28.5 Å². The van der Waals surface area contributed by atoms with E-state index < -0.39 is 0 Å². The number of thiazole rings is 1. The molecule has 0 aliphatic heterocycles. The van der Waals surface area contributed by atoms with Crippen molar-refractivity contribution in [3.8, 4) is 0 Å². The van der Waals surface area contributed by atoms with E-state index in [0.29, 0.717) is 12.1 Å². The highest BCUT2D eigenvalue weighted by atomic mass is 32.1. The lowest BCUT2D eigenvalue weighted by atomic mass is 10.2. The number of rotatable bonds is 3. The number of Topliss-reactive ketones (excluding diaryl/α,β-unsaturated/α-hetero) is 1. The number of nitrogens with zero attached hydrogens (tertiary/aromatic N) is 3. The van der Waals surface area contributed by atoms with E-state index in [9.17, 15) is 4.79 Å². The molecule has 0 fully saturated rings. The van der Waals surface area contributed by atoms with Crippen molar-refractivity contribution in [2.75, 3.05) is 0 Å². The fraction of sp³-hybridized carbons (Fsp3) is 0.143. The van der Waals surface area contributed by atoms with Gasteiger partial charge in [0.1, 0.15) is 5.69 Å². The molecule has 0 aromatic carbocycles. The van der Waals surface area contributed by atoms with Crippen molar-refractivity contribution in [2.24, 2.45) is 0 Å². The van der Waals surface area contributed by atoms with Gasteiger partial charge in [-0.15, -0.1) is 11.3 Å². The first kappa shape index (κ1) is 8.06. The zero-order valence-electron chi connectivity index (χ0n) is 6.60. The normalized spacial score (nSPS) is 10.2. The van der Waals surface area contributed by atoms with Crippen LogP contribution in [0.1, 0.15) is 15.4 Å². The Bertz CT molecular complexity index is 381. The number of hydrogen-bond acceptors (Lipinski definition) is 5. The first-order chi connectivity index (χ1) is 6.36. The van der Waals surface area contributed by atoms with Crippen LogP contribution in [-0.4, -0.2) is 26.2 Å². The smallest absolute Gasteiger partial charge is 0.189 e. The summed E-state index contributed by atoms with van der Waals surface area (Å²) >= 11 is 1.46. The summed E-state index contributed by atoms with van der Waals surface area (Å²) in [6.07, 6.45) is 3.45. The monoisotopic (exact) mass is 194 g/mol. The molecule has 0 saturated heterocycles. The second-order valence-corrected chi connectivity index (χ2v) is 3.39. The Kier molecular flexibility index (Phi) is 2.13. The van der Waals surface area contributed by atoms with E-state index in [-0.39, 0.29) is 5.78 Å². The summed E-state index contributed by atoms with van der Waals surface area (Å²) in [6.45, 7) is 0. The highest BCUT2D eigenvalue weighted by molar-refractivity contribution is 7.09. The van der Waals surface area contributed by atoms with E-state index >= 15 is 0 Å². The van der Waals surface area contributed by atoms with Crippen LogP contribution in [0.3, 0.4) is 0 Å². The Morgan fingerprint density at radius 3 is 3.08 bits per heavy atom. The number of aromatic nitrogens is 4. The van der Waals surface area contributed by atoms with Gasteiger partial charge in [-0.05, 0) is 0 Å². The fourth-order valence-electron chi connectivity index (χ4n) is 0.914. The molecule has 0 amide bonds. The second kappa shape index (κ2) is 3.44. The highest BCUT2D eigenvalue weighted by Gasteiger charge is 2.10. The summed E-state index contributed by atoms with van der Waals surface area (Å²) in [4.78, 5) is 16.2. The van der Waals surface area contributed by atoms with E-state index in [2.05, 4.69) is 20.4 Å². The van der Waals surface area contributed by atoms with Gasteiger partial charge in [-0.3, -0.25) is 9.78 Å². The van der Waals surface area contributed by atoms with Crippen molar-refractivity contribution in [2.45, 2.75) is 6.42 Å². The van der Waals surface area contributed by atoms with Gasteiger partial charge in [0.25, 0.3) is 0 Å². The molecule has 0 spiro atoms. The number of H-pyrrole nitrogens is 1. The Labute approximate surface area is 77.8 Å². The van der Waals surface area contributed by atoms with Crippen LogP contribution in [0.4, 0.5) is 0 Å². The summed E-state index contributed by atoms with van der Waals surface area (Å²) in [5.74, 6) is -0.0435. The van der Waals surface area contributed by atoms with Gasteiger partial charge in [-0.2, -0.15) is 15.4 Å². The summed E-state index contributed by atoms with van der Waals surface area (Å²) in [5, 5.41) is 9.66. The van der Waals surface area contributed by atoms with Crippen LogP contribution in [0, 0.1) is 0 Å². The molecule has 2 rings (SSSR count). The molecule has 0 atom stereocenters. The first-order valence-electron chi connectivity index (χ1n) is 3.62. The predicted octanol–water partition coefficient (Wildman–Crippen LogP) is 0.687. The van der Waals surface area contributed by atoms with Crippen LogP contribution in [-0.2, 0) is 6.42 Å². The average Bonchev–Trinajstić information content (AvgIpc) is 2.74. The first-order valence-corrected chi connectivity index (χ1v) is 4.50. The number of hydrogen-bond donors (Lipinski definition) is 1. The van der Waals surface area contributed by atoms with E-state index in [1.807, 2.05) is 0 Å². The number of ketones is 1. The van der Waals surface area contributed by atoms with Crippen LogP contribution >= 0.6 is 11.3 Å². The molecule has 0 aliphatic rings. The lowest BCUT2D eigenvalue weighted by molar-refractivity contribution is 0.0989. The maximum absolute atomic E-state index is 11.4. The quantitative estimate of drug-likeness (QED) is 0.729. The third-order valence-electron chi connectivity index (χ3n) is 1.52. The third kappa shape index (κ3) is 1.78. The van der Waals surface area contributed by atoms with Crippen molar-refractivity contribution >= 4 is 17.1 Å². The molecule has 5 nitrogen and oxygen atoms in total. The molecule has 2 aromatic rings. The number of nitrogens with one attached hydrogen (secondary N) is 1. The van der Waals surface area contributed by atoms with Gasteiger partial charge in [-0.25, -0.2) is 0 Å². The number of carbonyl (C=O) groups excluding carboxylic acids is 1. The van der Waals surface area contributed by atoms with E-state index in [1.54, 1.807) is 11.7 Å². The van der Waals surface area contributed by atoms with Crippen molar-refractivity contribution in [3.63, 3.8) is 0 Å². The van der Waals surface area contributed by atoms with Gasteiger partial charge in [0.05, 0.1) is 11.7 Å². The van der Waals surface area contributed by atoms with E-state index in [1.165, 1.54) is 17.5 Å². The second-order valence-electron chi connectivity index (χ2n) is 2.42. The zero-order chi connectivity index (χ0) is 9.10. The summed E-state index contributed by atoms with van der Waals surface area (Å²) in [7, 11) is 0. The lowest BCUT2D eigenvalue weighted by Crippen LogP contribution is -2.02. The van der Waals surface area contributed by atoms with Crippen LogP contribution in [0.15, 0.2) is 17.9 Å². The molecule has 0 bridgehead atoms. The van der Waals surface area contributed by atoms with Gasteiger partial charge in [0, 0.05) is 17.5 Å². The van der Waals surface area contributed by atoms with Crippen LogP contribution in [0.25, 0.3) is 0 Å². The molecule has 0 saturated carbocycles. The minimum atomic E-state index is -0.0435. The molecule has 0 aliphatic carbocycles. The standard InChI is InChI=1S/C7H6N4OS/c12-7(6-3-9-11-10-6)1-5-2-8-4-13-5/h2-4H,1H2,(H,9,10,11). The van der Waals surface area contributed by atoms with Gasteiger partial charge in [0.2, 0.25) is 0 Å². The molecular weight excluding hydrogens is 188 g/mol. The SMILES string of the molecule is O=C(Cc1cncs1)c1cn[nH]n1. The van der Waals surface area contributed by atoms with Crippen LogP contribution < -0.4 is 0 Å². The lowest BCUT2D eigenvalue weighted by Gasteiger charge is -1.90. The van der Waals surface area contributed by atoms with Gasteiger partial charge in [0.15, 0.2) is 5.78 Å². The van der Waals surface area contributed by atoms with Crippen molar-refractivity contribution in [1.82, 2.24) is 20.4 Å². The van der Waals surface area contributed by atoms with Gasteiger partial charge in [-0.1, -0.05) is 0 Å². The molecule has 66 valence electrons. The minimum absolute atomic E-state index is 0.0435. The Morgan fingerprint density at radius 1 is 1.54 bits per heavy atom. The molecule has 6 heteroatoms. The Hall–Kier alpha value is -1.56. The summed E-state index contributed by atoms with van der Waals surface area (Å²) in [5.41, 5.74) is 2.07. The predicted molar refractivity (Wildman–Crippen MR) is 46.5 cm³/mol. The van der Waals surface area contributed by atoms with Crippen LogP contribution in [0.2, 0.25) is 0 Å². The van der Waals surface area contributed by atoms with Crippen LogP contribution in [0.5, 0.6) is 0 Å². The maximum atomic E-state index is 11.4. The topological polar surface area (TPSA) is 71.5 Å². The zero-order valence-corrected chi connectivity index (χ0v) is 7.41. The van der Waals surface area contributed by atoms with Crippen molar-refractivity contribution in [1.29, 1.82) is 0 Å². The Morgan fingerprint density at radius 2 is 2.46 bits per heavy atom. The third-order valence-corrected chi connectivity index (χ3v) is 2.30. The molecule has 2 heterocycles. The summed E-state index contributed by atoms with van der Waals surface area (Å²) < 4.78 is 0. The van der Waals surface area contributed by atoms with Gasteiger partial charge >= 0.3 is 0 Å². The van der Waals surface area contributed by atoms with E-state index in [0.717, 1.165) is 4.88 Å². The molecule has 0 unspecified atom stereocenters.